The third-order valence-corrected chi connectivity index (χ3v) is 2.83. The number of hydrogen-bond donors (Lipinski definition) is 0. The minimum absolute atomic E-state index is 0.0395. The quantitative estimate of drug-likeness (QED) is 0.624. The number of allylic oxidation sites excluding steroid dienone is 1. The van der Waals surface area contributed by atoms with Crippen LogP contribution in [0.3, 0.4) is 0 Å². The minimum Gasteiger partial charge on any atom is -0.350 e. The Hall–Kier alpha value is -0.340. The highest BCUT2D eigenvalue weighted by atomic mass is 16.7. The Morgan fingerprint density at radius 2 is 1.77 bits per heavy atom. The van der Waals surface area contributed by atoms with Crippen molar-refractivity contribution in [1.29, 1.82) is 0 Å². The summed E-state index contributed by atoms with van der Waals surface area (Å²) in [6.45, 7) is 1.53. The van der Waals surface area contributed by atoms with Crippen LogP contribution in [0.25, 0.3) is 0 Å². The third kappa shape index (κ3) is 2.82. The summed E-state index contributed by atoms with van der Waals surface area (Å²) in [5.74, 6) is 0.835. The first-order valence-electron chi connectivity index (χ1n) is 5.35. The predicted molar refractivity (Wildman–Crippen MR) is 51.4 cm³/mol. The van der Waals surface area contributed by atoms with Crippen molar-refractivity contribution in [3.05, 3.63) is 12.2 Å². The lowest BCUT2D eigenvalue weighted by atomic mass is 10.1. The van der Waals surface area contributed by atoms with Crippen molar-refractivity contribution in [2.24, 2.45) is 5.92 Å². The molecule has 0 aromatic rings. The predicted octanol–water partition coefficient (Wildman–Crippen LogP) is 2.50. The molecule has 0 atom stereocenters. The first-order chi connectivity index (χ1) is 6.45. The van der Waals surface area contributed by atoms with Gasteiger partial charge in [-0.25, -0.2) is 0 Å². The second-order valence-corrected chi connectivity index (χ2v) is 3.88. The minimum atomic E-state index is 0.0395. The van der Waals surface area contributed by atoms with Crippen LogP contribution >= 0.6 is 0 Å². The molecule has 2 fully saturated rings. The Balaban J connectivity index is 1.65. The van der Waals surface area contributed by atoms with Gasteiger partial charge in [-0.2, -0.15) is 0 Å². The van der Waals surface area contributed by atoms with Crippen LogP contribution in [-0.2, 0) is 9.47 Å². The van der Waals surface area contributed by atoms with Crippen molar-refractivity contribution in [2.45, 2.75) is 38.4 Å². The van der Waals surface area contributed by atoms with Crippen LogP contribution in [0.4, 0.5) is 0 Å². The van der Waals surface area contributed by atoms with Gasteiger partial charge in [0, 0.05) is 6.42 Å². The van der Waals surface area contributed by atoms with Crippen LogP contribution in [-0.4, -0.2) is 19.5 Å². The number of hydrogen-bond acceptors (Lipinski definition) is 2. The molecule has 2 heteroatoms. The van der Waals surface area contributed by atoms with E-state index in [-0.39, 0.29) is 6.29 Å². The first-order valence-corrected chi connectivity index (χ1v) is 5.35. The lowest BCUT2D eigenvalue weighted by Gasteiger charge is -2.05. The Kier molecular flexibility index (Phi) is 3.39. The fourth-order valence-electron chi connectivity index (χ4n) is 2.08. The van der Waals surface area contributed by atoms with Crippen LogP contribution in [0.2, 0.25) is 0 Å². The molecule has 1 saturated carbocycles. The van der Waals surface area contributed by atoms with Crippen molar-refractivity contribution >= 4 is 0 Å². The van der Waals surface area contributed by atoms with E-state index in [1.165, 1.54) is 25.7 Å². The van der Waals surface area contributed by atoms with E-state index in [4.69, 9.17) is 9.47 Å². The van der Waals surface area contributed by atoms with Crippen LogP contribution in [0.1, 0.15) is 32.1 Å². The molecule has 0 unspecified atom stereocenters. The maximum Gasteiger partial charge on any atom is 0.161 e. The Labute approximate surface area is 79.9 Å². The van der Waals surface area contributed by atoms with Crippen molar-refractivity contribution in [1.82, 2.24) is 0 Å². The summed E-state index contributed by atoms with van der Waals surface area (Å²) in [6, 6.07) is 0. The Morgan fingerprint density at radius 1 is 1.08 bits per heavy atom. The van der Waals surface area contributed by atoms with Gasteiger partial charge in [0.05, 0.1) is 13.2 Å². The zero-order valence-electron chi connectivity index (χ0n) is 8.08. The molecule has 1 saturated heterocycles. The molecule has 13 heavy (non-hydrogen) atoms. The molecule has 1 aliphatic carbocycles. The molecule has 0 spiro atoms. The molecule has 0 amide bonds. The smallest absolute Gasteiger partial charge is 0.161 e. The third-order valence-electron chi connectivity index (χ3n) is 2.83. The molecule has 1 heterocycles. The van der Waals surface area contributed by atoms with E-state index < -0.39 is 0 Å². The van der Waals surface area contributed by atoms with Gasteiger partial charge >= 0.3 is 0 Å². The number of rotatable bonds is 3. The summed E-state index contributed by atoms with van der Waals surface area (Å²) in [5, 5.41) is 0. The maximum absolute atomic E-state index is 5.34. The fourth-order valence-corrected chi connectivity index (χ4v) is 2.08. The second-order valence-electron chi connectivity index (χ2n) is 3.88. The van der Waals surface area contributed by atoms with Gasteiger partial charge in [0.1, 0.15) is 0 Å². The van der Waals surface area contributed by atoms with Gasteiger partial charge < -0.3 is 9.47 Å². The molecule has 74 valence electrons. The van der Waals surface area contributed by atoms with Gasteiger partial charge in [-0.05, 0) is 18.8 Å². The SMILES string of the molecule is C(=C/C1CCCC1)/CC1OCCO1. The molecule has 2 rings (SSSR count). The molecule has 0 N–H and O–H groups in total. The lowest BCUT2D eigenvalue weighted by molar-refractivity contribution is -0.0381. The summed E-state index contributed by atoms with van der Waals surface area (Å²) in [7, 11) is 0. The van der Waals surface area contributed by atoms with Crippen molar-refractivity contribution in [2.75, 3.05) is 13.2 Å². The summed E-state index contributed by atoms with van der Waals surface area (Å²) in [4.78, 5) is 0. The van der Waals surface area contributed by atoms with Crippen molar-refractivity contribution in [3.63, 3.8) is 0 Å². The average molecular weight is 182 g/mol. The summed E-state index contributed by atoms with van der Waals surface area (Å²) in [6.07, 6.45) is 11.1. The molecule has 2 aliphatic rings. The van der Waals surface area contributed by atoms with Crippen LogP contribution < -0.4 is 0 Å². The van der Waals surface area contributed by atoms with Crippen LogP contribution in [0, 0.1) is 5.92 Å². The Morgan fingerprint density at radius 3 is 2.46 bits per heavy atom. The topological polar surface area (TPSA) is 18.5 Å². The zero-order chi connectivity index (χ0) is 8.93. The molecule has 1 aliphatic heterocycles. The van der Waals surface area contributed by atoms with Gasteiger partial charge in [-0.15, -0.1) is 0 Å². The molecular formula is C11H18O2. The van der Waals surface area contributed by atoms with E-state index in [2.05, 4.69) is 12.2 Å². The highest BCUT2D eigenvalue weighted by Crippen LogP contribution is 2.25. The van der Waals surface area contributed by atoms with Gasteiger partial charge in [-0.3, -0.25) is 0 Å². The van der Waals surface area contributed by atoms with E-state index >= 15 is 0 Å². The molecule has 2 nitrogen and oxygen atoms in total. The molecular weight excluding hydrogens is 164 g/mol. The highest BCUT2D eigenvalue weighted by molar-refractivity contribution is 4.91. The lowest BCUT2D eigenvalue weighted by Crippen LogP contribution is -2.05. The van der Waals surface area contributed by atoms with E-state index in [0.717, 1.165) is 25.6 Å². The van der Waals surface area contributed by atoms with Gasteiger partial charge in [0.2, 0.25) is 0 Å². The van der Waals surface area contributed by atoms with Gasteiger partial charge in [0.15, 0.2) is 6.29 Å². The fraction of sp³-hybridized carbons (Fsp3) is 0.818. The van der Waals surface area contributed by atoms with Crippen molar-refractivity contribution < 1.29 is 9.47 Å². The molecule has 0 aromatic carbocycles. The standard InChI is InChI=1S/C11H18O2/c1-2-5-10(4-1)6-3-7-11-12-8-9-13-11/h3,6,10-11H,1-2,4-5,7-9H2/b6-3-. The normalized spacial score (nSPS) is 26.5. The van der Waals surface area contributed by atoms with Gasteiger partial charge in [-0.1, -0.05) is 25.0 Å². The summed E-state index contributed by atoms with van der Waals surface area (Å²) < 4.78 is 10.7. The van der Waals surface area contributed by atoms with Crippen molar-refractivity contribution in [3.8, 4) is 0 Å². The molecule has 0 bridgehead atoms. The van der Waals surface area contributed by atoms with E-state index in [0.29, 0.717) is 0 Å². The van der Waals surface area contributed by atoms with E-state index in [1.807, 2.05) is 0 Å². The zero-order valence-corrected chi connectivity index (χ0v) is 8.08. The molecule has 0 radical (unpaired) electrons. The van der Waals surface area contributed by atoms with Crippen LogP contribution in [0.5, 0.6) is 0 Å². The molecule has 0 aromatic heterocycles. The largest absolute Gasteiger partial charge is 0.350 e. The number of ether oxygens (including phenoxy) is 2. The van der Waals surface area contributed by atoms with E-state index in [1.54, 1.807) is 0 Å². The average Bonchev–Trinajstić information content (AvgIpc) is 2.75. The first kappa shape index (κ1) is 9.22. The summed E-state index contributed by atoms with van der Waals surface area (Å²) in [5.41, 5.74) is 0. The second kappa shape index (κ2) is 4.77. The maximum atomic E-state index is 5.34. The summed E-state index contributed by atoms with van der Waals surface area (Å²) >= 11 is 0. The van der Waals surface area contributed by atoms with E-state index in [9.17, 15) is 0 Å². The van der Waals surface area contributed by atoms with Crippen LogP contribution in [0.15, 0.2) is 12.2 Å². The monoisotopic (exact) mass is 182 g/mol. The Bertz CT molecular complexity index is 165. The van der Waals surface area contributed by atoms with Gasteiger partial charge in [0.25, 0.3) is 0 Å². The highest BCUT2D eigenvalue weighted by Gasteiger charge is 2.15.